The van der Waals surface area contributed by atoms with Crippen LogP contribution in [0.3, 0.4) is 0 Å². The zero-order chi connectivity index (χ0) is 19.6. The Morgan fingerprint density at radius 1 is 1.33 bits per heavy atom. The van der Waals surface area contributed by atoms with E-state index in [0.29, 0.717) is 13.0 Å². The van der Waals surface area contributed by atoms with E-state index in [1.54, 1.807) is 7.11 Å². The number of carbonyl (C=O) groups excluding carboxylic acids is 1. The van der Waals surface area contributed by atoms with Gasteiger partial charge in [-0.2, -0.15) is 5.23 Å². The molecule has 8 heteroatoms. The molecule has 3 aromatic rings. The number of aryl methyl sites for hydroxylation is 1. The molecule has 0 spiro atoms. The lowest BCUT2D eigenvalue weighted by molar-refractivity contribution is -0.991. The second-order valence-corrected chi connectivity index (χ2v) is 6.55. The van der Waals surface area contributed by atoms with Crippen LogP contribution in [0.1, 0.15) is 21.6 Å². The van der Waals surface area contributed by atoms with Crippen molar-refractivity contribution in [3.63, 3.8) is 0 Å². The number of halogens is 1. The Labute approximate surface area is 161 Å². The molecule has 0 saturated carbocycles. The number of rotatable bonds is 6. The molecule has 2 aromatic carbocycles. The van der Waals surface area contributed by atoms with Crippen molar-refractivity contribution in [2.24, 2.45) is 0 Å². The van der Waals surface area contributed by atoms with Gasteiger partial charge in [0.1, 0.15) is 5.75 Å². The fraction of sp³-hybridized carbons (Fsp3) is 0.211. The first-order valence-corrected chi connectivity index (χ1v) is 8.74. The van der Waals surface area contributed by atoms with E-state index in [9.17, 15) is 10.0 Å². The second-order valence-electron chi connectivity index (χ2n) is 6.15. The molecule has 0 aliphatic carbocycles. The molecule has 1 atom stereocenters. The second kappa shape index (κ2) is 7.98. The number of aromatic amines is 1. The first-order chi connectivity index (χ1) is 12.9. The Bertz CT molecular complexity index is 984. The molecule has 0 bridgehead atoms. The van der Waals surface area contributed by atoms with Gasteiger partial charge in [-0.25, -0.2) is 5.21 Å². The maximum atomic E-state index is 12.4. The van der Waals surface area contributed by atoms with Gasteiger partial charge in [-0.3, -0.25) is 4.79 Å². The minimum Gasteiger partial charge on any atom is -0.595 e. The van der Waals surface area contributed by atoms with Crippen molar-refractivity contribution in [1.29, 1.82) is 0 Å². The quantitative estimate of drug-likeness (QED) is 0.486. The van der Waals surface area contributed by atoms with Crippen LogP contribution in [0.15, 0.2) is 36.4 Å². The van der Waals surface area contributed by atoms with Crippen LogP contribution >= 0.6 is 11.6 Å². The van der Waals surface area contributed by atoms with Gasteiger partial charge in [0, 0.05) is 35.3 Å². The van der Waals surface area contributed by atoms with Crippen molar-refractivity contribution in [2.45, 2.75) is 13.3 Å². The Morgan fingerprint density at radius 2 is 2.11 bits per heavy atom. The van der Waals surface area contributed by atoms with Crippen LogP contribution in [0, 0.1) is 12.1 Å². The highest BCUT2D eigenvalue weighted by atomic mass is 35.5. The minimum absolute atomic E-state index is 0.0177. The largest absolute Gasteiger partial charge is 0.595 e. The van der Waals surface area contributed by atoms with Gasteiger partial charge in [-0.15, -0.1) is 0 Å². The van der Waals surface area contributed by atoms with Crippen molar-refractivity contribution < 1.29 is 20.0 Å². The molecule has 1 unspecified atom stereocenters. The SMILES string of the molecule is COc1ccc2[nH]c(C)c(CCNC(=O)c3cc([NH+]([O-])O)ccc3Cl)c2c1. The normalized spacial score (nSPS) is 12.2. The van der Waals surface area contributed by atoms with E-state index in [4.69, 9.17) is 21.5 Å². The van der Waals surface area contributed by atoms with E-state index in [-0.39, 0.29) is 16.3 Å². The standard InChI is InChI=1S/C19H20ClN3O4/c1-11-14(15-10-13(27-2)4-6-18(15)22-11)7-8-21-19(24)16-9-12(23(25)26)3-5-17(16)20/h3-6,9-10,22-23,25H,7-8H2,1-2H3,(H,21,24). The maximum absolute atomic E-state index is 12.4. The summed E-state index contributed by atoms with van der Waals surface area (Å²) in [6, 6.07) is 9.87. The number of aromatic nitrogens is 1. The van der Waals surface area contributed by atoms with Crippen LogP contribution in [0.2, 0.25) is 5.02 Å². The van der Waals surface area contributed by atoms with E-state index < -0.39 is 11.1 Å². The summed E-state index contributed by atoms with van der Waals surface area (Å²) in [5, 5.41) is 23.1. The van der Waals surface area contributed by atoms with Crippen molar-refractivity contribution >= 4 is 34.1 Å². The van der Waals surface area contributed by atoms with Gasteiger partial charge in [0.25, 0.3) is 5.91 Å². The summed E-state index contributed by atoms with van der Waals surface area (Å²) in [5.41, 5.74) is 3.29. The van der Waals surface area contributed by atoms with Crippen LogP contribution < -0.4 is 15.3 Å². The average molecular weight is 390 g/mol. The maximum Gasteiger partial charge on any atom is 0.253 e. The Hall–Kier alpha value is -2.58. The highest BCUT2D eigenvalue weighted by Crippen LogP contribution is 2.26. The highest BCUT2D eigenvalue weighted by molar-refractivity contribution is 6.33. The first-order valence-electron chi connectivity index (χ1n) is 8.37. The fourth-order valence-electron chi connectivity index (χ4n) is 3.04. The molecule has 27 heavy (non-hydrogen) atoms. The summed E-state index contributed by atoms with van der Waals surface area (Å²) in [4.78, 5) is 15.7. The van der Waals surface area contributed by atoms with E-state index in [1.165, 1.54) is 18.2 Å². The predicted molar refractivity (Wildman–Crippen MR) is 103 cm³/mol. The zero-order valence-electron chi connectivity index (χ0n) is 14.9. The number of fused-ring (bicyclic) bond motifs is 1. The van der Waals surface area contributed by atoms with Crippen molar-refractivity contribution in [2.75, 3.05) is 13.7 Å². The van der Waals surface area contributed by atoms with E-state index in [1.807, 2.05) is 25.1 Å². The summed E-state index contributed by atoms with van der Waals surface area (Å²) >= 11 is 6.04. The molecule has 1 aromatic heterocycles. The number of carbonyl (C=O) groups is 1. The molecule has 142 valence electrons. The number of quaternary nitrogens is 1. The fourth-order valence-corrected chi connectivity index (χ4v) is 3.24. The number of methoxy groups -OCH3 is 1. The Kier molecular flexibility index (Phi) is 5.67. The molecule has 0 aliphatic heterocycles. The zero-order valence-corrected chi connectivity index (χ0v) is 15.7. The lowest BCUT2D eigenvalue weighted by atomic mass is 10.1. The lowest BCUT2D eigenvalue weighted by Gasteiger charge is -2.13. The van der Waals surface area contributed by atoms with Crippen LogP contribution in [-0.4, -0.2) is 29.8 Å². The lowest BCUT2D eigenvalue weighted by Crippen LogP contribution is -2.99. The van der Waals surface area contributed by atoms with Gasteiger partial charge < -0.3 is 20.2 Å². The predicted octanol–water partition coefficient (Wildman–Crippen LogP) is 2.51. The van der Waals surface area contributed by atoms with E-state index in [0.717, 1.165) is 27.9 Å². The summed E-state index contributed by atoms with van der Waals surface area (Å²) < 4.78 is 5.28. The third-order valence-electron chi connectivity index (χ3n) is 4.45. The molecule has 7 nitrogen and oxygen atoms in total. The number of ether oxygens (including phenoxy) is 1. The molecular weight excluding hydrogens is 370 g/mol. The Balaban J connectivity index is 1.73. The number of hydrogen-bond acceptors (Lipinski definition) is 4. The number of benzene rings is 2. The Morgan fingerprint density at radius 3 is 2.81 bits per heavy atom. The van der Waals surface area contributed by atoms with Crippen LogP contribution in [-0.2, 0) is 6.42 Å². The molecule has 4 N–H and O–H groups in total. The molecule has 0 fully saturated rings. The summed E-state index contributed by atoms with van der Waals surface area (Å²) in [6.45, 7) is 2.37. The monoisotopic (exact) mass is 389 g/mol. The number of hydrogen-bond donors (Lipinski definition) is 4. The third-order valence-corrected chi connectivity index (χ3v) is 4.77. The van der Waals surface area contributed by atoms with Crippen LogP contribution in [0.5, 0.6) is 5.75 Å². The van der Waals surface area contributed by atoms with Crippen LogP contribution in [0.4, 0.5) is 5.69 Å². The number of nitrogens with one attached hydrogen (secondary N) is 3. The molecule has 0 saturated heterocycles. The van der Waals surface area contributed by atoms with E-state index >= 15 is 0 Å². The molecule has 0 aliphatic rings. The van der Waals surface area contributed by atoms with Gasteiger partial charge in [0.05, 0.1) is 17.7 Å². The van der Waals surface area contributed by atoms with Crippen molar-refractivity contribution in [3.05, 3.63) is 63.4 Å². The summed E-state index contributed by atoms with van der Waals surface area (Å²) in [5.74, 6) is 0.363. The molecule has 3 rings (SSSR count). The van der Waals surface area contributed by atoms with Crippen molar-refractivity contribution in [1.82, 2.24) is 10.3 Å². The highest BCUT2D eigenvalue weighted by Gasteiger charge is 2.15. The molecule has 0 radical (unpaired) electrons. The third kappa shape index (κ3) is 4.06. The van der Waals surface area contributed by atoms with Crippen molar-refractivity contribution in [3.8, 4) is 5.75 Å². The van der Waals surface area contributed by atoms with Gasteiger partial charge in [-0.1, -0.05) is 11.6 Å². The van der Waals surface area contributed by atoms with Gasteiger partial charge >= 0.3 is 0 Å². The molecule has 1 heterocycles. The minimum atomic E-state index is -1.11. The first kappa shape index (κ1) is 19.2. The van der Waals surface area contributed by atoms with Gasteiger partial charge in [0.2, 0.25) is 0 Å². The van der Waals surface area contributed by atoms with Gasteiger partial charge in [0.15, 0.2) is 5.69 Å². The average Bonchev–Trinajstić information content (AvgIpc) is 2.96. The molecular formula is C19H20ClN3O4. The number of amides is 1. The van der Waals surface area contributed by atoms with Gasteiger partial charge in [-0.05, 0) is 43.2 Å². The molecule has 1 amide bonds. The number of H-pyrrole nitrogens is 1. The summed E-state index contributed by atoms with van der Waals surface area (Å²) in [7, 11) is 1.62. The smallest absolute Gasteiger partial charge is 0.253 e. The summed E-state index contributed by atoms with van der Waals surface area (Å²) in [6.07, 6.45) is 0.612. The van der Waals surface area contributed by atoms with Crippen LogP contribution in [0.25, 0.3) is 10.9 Å². The topological polar surface area (TPSA) is 102 Å². The van der Waals surface area contributed by atoms with E-state index in [2.05, 4.69) is 10.3 Å².